The van der Waals surface area contributed by atoms with Crippen LogP contribution in [0.25, 0.3) is 0 Å². The number of piperidine rings is 1. The molecule has 1 fully saturated rings. The SMILES string of the molecule is CCC1CCSC(NC(C)CN2CCCCC2)=N1. The second-order valence-corrected chi connectivity index (χ2v) is 6.62. The lowest BCUT2D eigenvalue weighted by atomic mass is 10.1. The van der Waals surface area contributed by atoms with Crippen LogP contribution in [0.3, 0.4) is 0 Å². The summed E-state index contributed by atoms with van der Waals surface area (Å²) in [6.07, 6.45) is 6.58. The molecule has 2 atom stereocenters. The first-order valence-corrected chi connectivity index (χ1v) is 8.46. The molecule has 104 valence electrons. The van der Waals surface area contributed by atoms with E-state index in [1.807, 2.05) is 11.8 Å². The van der Waals surface area contributed by atoms with Gasteiger partial charge in [-0.05, 0) is 45.7 Å². The van der Waals surface area contributed by atoms with E-state index in [1.165, 1.54) is 56.1 Å². The Morgan fingerprint density at radius 3 is 2.89 bits per heavy atom. The van der Waals surface area contributed by atoms with Crippen molar-refractivity contribution in [1.29, 1.82) is 0 Å². The first-order valence-electron chi connectivity index (χ1n) is 7.47. The summed E-state index contributed by atoms with van der Waals surface area (Å²) in [5.41, 5.74) is 0. The van der Waals surface area contributed by atoms with E-state index in [9.17, 15) is 0 Å². The molecular formula is C14H27N3S. The van der Waals surface area contributed by atoms with Crippen LogP contribution in [0.4, 0.5) is 0 Å². The fourth-order valence-corrected chi connectivity index (χ4v) is 3.81. The smallest absolute Gasteiger partial charge is 0.157 e. The number of amidine groups is 1. The fraction of sp³-hybridized carbons (Fsp3) is 0.929. The van der Waals surface area contributed by atoms with Crippen LogP contribution in [-0.2, 0) is 0 Å². The standard InChI is InChI=1S/C14H27N3S/c1-3-13-7-10-18-14(16-13)15-12(2)11-17-8-5-4-6-9-17/h12-13H,3-11H2,1-2H3,(H,15,16). The zero-order valence-electron chi connectivity index (χ0n) is 11.8. The van der Waals surface area contributed by atoms with Gasteiger partial charge in [-0.1, -0.05) is 25.1 Å². The molecule has 3 nitrogen and oxygen atoms in total. The van der Waals surface area contributed by atoms with Crippen LogP contribution in [0.15, 0.2) is 4.99 Å². The molecule has 4 heteroatoms. The van der Waals surface area contributed by atoms with Gasteiger partial charge in [-0.25, -0.2) is 0 Å². The van der Waals surface area contributed by atoms with Gasteiger partial charge in [0, 0.05) is 18.3 Å². The molecule has 0 bridgehead atoms. The zero-order chi connectivity index (χ0) is 12.8. The second kappa shape index (κ2) is 7.39. The van der Waals surface area contributed by atoms with Crippen molar-refractivity contribution in [2.45, 2.75) is 58.0 Å². The molecule has 0 aromatic carbocycles. The molecular weight excluding hydrogens is 242 g/mol. The number of aliphatic imine (C=N–C) groups is 1. The molecule has 1 saturated heterocycles. The maximum Gasteiger partial charge on any atom is 0.157 e. The number of rotatable bonds is 4. The van der Waals surface area contributed by atoms with Gasteiger partial charge in [0.2, 0.25) is 0 Å². The van der Waals surface area contributed by atoms with Crippen molar-refractivity contribution in [3.63, 3.8) is 0 Å². The minimum absolute atomic E-state index is 0.518. The zero-order valence-corrected chi connectivity index (χ0v) is 12.6. The monoisotopic (exact) mass is 269 g/mol. The van der Waals surface area contributed by atoms with E-state index >= 15 is 0 Å². The summed E-state index contributed by atoms with van der Waals surface area (Å²) in [7, 11) is 0. The lowest BCUT2D eigenvalue weighted by molar-refractivity contribution is 0.215. The van der Waals surface area contributed by atoms with E-state index in [-0.39, 0.29) is 0 Å². The number of likely N-dealkylation sites (tertiary alicyclic amines) is 1. The van der Waals surface area contributed by atoms with Crippen LogP contribution in [0.1, 0.15) is 46.0 Å². The minimum atomic E-state index is 0.518. The van der Waals surface area contributed by atoms with E-state index < -0.39 is 0 Å². The third-order valence-corrected chi connectivity index (χ3v) is 4.75. The molecule has 0 amide bonds. The van der Waals surface area contributed by atoms with Gasteiger partial charge in [0.25, 0.3) is 0 Å². The van der Waals surface area contributed by atoms with E-state index in [0.717, 1.165) is 6.54 Å². The maximum absolute atomic E-state index is 4.78. The highest BCUT2D eigenvalue weighted by Gasteiger charge is 2.17. The summed E-state index contributed by atoms with van der Waals surface area (Å²) in [6.45, 7) is 8.25. The number of nitrogens with one attached hydrogen (secondary N) is 1. The van der Waals surface area contributed by atoms with Crippen molar-refractivity contribution in [1.82, 2.24) is 10.2 Å². The largest absolute Gasteiger partial charge is 0.361 e. The molecule has 0 spiro atoms. The summed E-state index contributed by atoms with van der Waals surface area (Å²) in [4.78, 5) is 7.37. The van der Waals surface area contributed by atoms with Crippen LogP contribution in [0.2, 0.25) is 0 Å². The minimum Gasteiger partial charge on any atom is -0.361 e. The Morgan fingerprint density at radius 2 is 2.17 bits per heavy atom. The molecule has 2 heterocycles. The van der Waals surface area contributed by atoms with Gasteiger partial charge >= 0.3 is 0 Å². The van der Waals surface area contributed by atoms with Crippen LogP contribution < -0.4 is 5.32 Å². The molecule has 2 rings (SSSR count). The van der Waals surface area contributed by atoms with Crippen LogP contribution in [0, 0.1) is 0 Å². The topological polar surface area (TPSA) is 27.6 Å². The molecule has 18 heavy (non-hydrogen) atoms. The summed E-state index contributed by atoms with van der Waals surface area (Å²) < 4.78 is 0. The Hall–Kier alpha value is -0.220. The van der Waals surface area contributed by atoms with Crippen molar-refractivity contribution in [2.24, 2.45) is 4.99 Å². The summed E-state index contributed by atoms with van der Waals surface area (Å²) in [5.74, 6) is 1.22. The number of hydrogen-bond acceptors (Lipinski definition) is 4. The van der Waals surface area contributed by atoms with Crippen molar-refractivity contribution < 1.29 is 0 Å². The van der Waals surface area contributed by atoms with Crippen molar-refractivity contribution in [2.75, 3.05) is 25.4 Å². The average molecular weight is 269 g/mol. The van der Waals surface area contributed by atoms with Crippen LogP contribution in [-0.4, -0.2) is 47.5 Å². The lowest BCUT2D eigenvalue weighted by Crippen LogP contribution is -2.43. The van der Waals surface area contributed by atoms with Crippen molar-refractivity contribution >= 4 is 16.9 Å². The molecule has 0 aromatic heterocycles. The van der Waals surface area contributed by atoms with Gasteiger partial charge in [0.05, 0.1) is 6.04 Å². The molecule has 1 N–H and O–H groups in total. The number of thioether (sulfide) groups is 1. The van der Waals surface area contributed by atoms with Gasteiger partial charge in [0.1, 0.15) is 0 Å². The number of nitrogens with zero attached hydrogens (tertiary/aromatic N) is 2. The lowest BCUT2D eigenvalue weighted by Gasteiger charge is -2.30. The predicted octanol–water partition coefficient (Wildman–Crippen LogP) is 2.72. The summed E-state index contributed by atoms with van der Waals surface area (Å²) >= 11 is 1.89. The third-order valence-electron chi connectivity index (χ3n) is 3.81. The highest BCUT2D eigenvalue weighted by Crippen LogP contribution is 2.18. The van der Waals surface area contributed by atoms with E-state index in [0.29, 0.717) is 12.1 Å². The Bertz CT molecular complexity index is 274. The summed E-state index contributed by atoms with van der Waals surface area (Å²) in [6, 6.07) is 1.07. The van der Waals surface area contributed by atoms with Crippen molar-refractivity contribution in [3.8, 4) is 0 Å². The van der Waals surface area contributed by atoms with E-state index in [4.69, 9.17) is 4.99 Å². The second-order valence-electron chi connectivity index (χ2n) is 5.54. The molecule has 0 radical (unpaired) electrons. The Kier molecular flexibility index (Phi) is 5.83. The molecule has 2 unspecified atom stereocenters. The predicted molar refractivity (Wildman–Crippen MR) is 81.5 cm³/mol. The fourth-order valence-electron chi connectivity index (χ4n) is 2.72. The highest BCUT2D eigenvalue weighted by molar-refractivity contribution is 8.13. The van der Waals surface area contributed by atoms with Crippen molar-refractivity contribution in [3.05, 3.63) is 0 Å². The Labute approximate surface area is 116 Å². The van der Waals surface area contributed by atoms with Gasteiger partial charge in [-0.3, -0.25) is 4.99 Å². The quantitative estimate of drug-likeness (QED) is 0.850. The molecule has 2 aliphatic rings. The van der Waals surface area contributed by atoms with Gasteiger partial charge in [0.15, 0.2) is 5.17 Å². The molecule has 0 aliphatic carbocycles. The molecule has 0 aromatic rings. The first-order chi connectivity index (χ1) is 8.78. The highest BCUT2D eigenvalue weighted by atomic mass is 32.2. The van der Waals surface area contributed by atoms with Crippen LogP contribution >= 0.6 is 11.8 Å². The van der Waals surface area contributed by atoms with Crippen LogP contribution in [0.5, 0.6) is 0 Å². The number of hydrogen-bond donors (Lipinski definition) is 1. The molecule has 0 saturated carbocycles. The van der Waals surface area contributed by atoms with E-state index in [1.54, 1.807) is 0 Å². The van der Waals surface area contributed by atoms with Gasteiger partial charge in [-0.2, -0.15) is 0 Å². The molecule has 2 aliphatic heterocycles. The third kappa shape index (κ3) is 4.47. The van der Waals surface area contributed by atoms with Gasteiger partial charge < -0.3 is 10.2 Å². The Morgan fingerprint density at radius 1 is 1.39 bits per heavy atom. The Balaban J connectivity index is 1.75. The van der Waals surface area contributed by atoms with E-state index in [2.05, 4.69) is 24.1 Å². The van der Waals surface area contributed by atoms with Gasteiger partial charge in [-0.15, -0.1) is 0 Å². The normalized spacial score (nSPS) is 27.7. The maximum atomic E-state index is 4.78. The average Bonchev–Trinajstić information content (AvgIpc) is 2.40. The first kappa shape index (κ1) is 14.2. The summed E-state index contributed by atoms with van der Waals surface area (Å²) in [5, 5.41) is 4.78.